The van der Waals surface area contributed by atoms with Gasteiger partial charge in [0.2, 0.25) is 5.91 Å². The monoisotopic (exact) mass is 411 g/mol. The van der Waals surface area contributed by atoms with Crippen molar-refractivity contribution in [1.82, 2.24) is 9.88 Å². The molecule has 4 rings (SSSR count). The second-order valence-corrected chi connectivity index (χ2v) is 6.91. The van der Waals surface area contributed by atoms with Crippen molar-refractivity contribution in [3.8, 4) is 11.3 Å². The number of likely N-dealkylation sites (N-methyl/N-ethyl adjacent to an activating group) is 1. The zero-order valence-corrected chi connectivity index (χ0v) is 16.9. The van der Waals surface area contributed by atoms with E-state index in [1.165, 1.54) is 11.9 Å². The Morgan fingerprint density at radius 1 is 1.20 bits per heavy atom. The summed E-state index contributed by atoms with van der Waals surface area (Å²) in [6.45, 7) is 3.62. The SMILES string of the molecule is CCOC(=O)CC1=C(C(=O)OCC)C2(C(=O)N1C)c1ccccc1-c1oc(N)nc12. The van der Waals surface area contributed by atoms with Crippen LogP contribution in [0.5, 0.6) is 0 Å². The first-order chi connectivity index (χ1) is 14.4. The smallest absolute Gasteiger partial charge is 0.337 e. The molecular weight excluding hydrogens is 390 g/mol. The molecule has 30 heavy (non-hydrogen) atoms. The van der Waals surface area contributed by atoms with E-state index < -0.39 is 23.3 Å². The molecule has 1 aromatic heterocycles. The highest BCUT2D eigenvalue weighted by atomic mass is 16.5. The summed E-state index contributed by atoms with van der Waals surface area (Å²) in [5.74, 6) is -1.38. The summed E-state index contributed by atoms with van der Waals surface area (Å²) in [6.07, 6.45) is -0.267. The summed E-state index contributed by atoms with van der Waals surface area (Å²) in [4.78, 5) is 44.7. The van der Waals surface area contributed by atoms with E-state index in [0.29, 0.717) is 16.9 Å². The van der Waals surface area contributed by atoms with Gasteiger partial charge in [-0.25, -0.2) is 4.79 Å². The molecule has 2 aliphatic rings. The lowest BCUT2D eigenvalue weighted by Gasteiger charge is -2.25. The van der Waals surface area contributed by atoms with E-state index in [1.54, 1.807) is 38.1 Å². The molecule has 2 N–H and O–H groups in total. The van der Waals surface area contributed by atoms with Gasteiger partial charge in [-0.3, -0.25) is 9.59 Å². The average Bonchev–Trinajstić information content (AvgIpc) is 3.28. The van der Waals surface area contributed by atoms with Crippen LogP contribution in [-0.4, -0.2) is 48.0 Å². The van der Waals surface area contributed by atoms with E-state index in [0.717, 1.165) is 0 Å². The van der Waals surface area contributed by atoms with Crippen LogP contribution in [0.3, 0.4) is 0 Å². The molecule has 0 bridgehead atoms. The molecule has 1 unspecified atom stereocenters. The largest absolute Gasteiger partial charge is 0.466 e. The first kappa shape index (κ1) is 19.7. The molecule has 2 heterocycles. The lowest BCUT2D eigenvalue weighted by Crippen LogP contribution is -2.41. The Balaban J connectivity index is 2.04. The van der Waals surface area contributed by atoms with E-state index in [4.69, 9.17) is 19.6 Å². The molecule has 1 amide bonds. The normalized spacial score (nSPS) is 19.3. The van der Waals surface area contributed by atoms with Gasteiger partial charge in [-0.1, -0.05) is 24.3 Å². The minimum Gasteiger partial charge on any atom is -0.466 e. The highest BCUT2D eigenvalue weighted by Crippen LogP contribution is 2.57. The number of esters is 2. The zero-order valence-electron chi connectivity index (χ0n) is 16.9. The second-order valence-electron chi connectivity index (χ2n) is 6.91. The van der Waals surface area contributed by atoms with Gasteiger partial charge in [0.15, 0.2) is 11.2 Å². The third kappa shape index (κ3) is 2.47. The second kappa shape index (κ2) is 7.01. The number of aromatic nitrogens is 1. The molecule has 9 nitrogen and oxygen atoms in total. The Kier molecular flexibility index (Phi) is 4.60. The number of amides is 1. The molecule has 1 aromatic carbocycles. The number of hydrogen-bond donors (Lipinski definition) is 1. The summed E-state index contributed by atoms with van der Waals surface area (Å²) < 4.78 is 15.9. The van der Waals surface area contributed by atoms with Crippen molar-refractivity contribution < 1.29 is 28.3 Å². The highest BCUT2D eigenvalue weighted by Gasteiger charge is 2.63. The minimum absolute atomic E-state index is 0.0319. The van der Waals surface area contributed by atoms with Gasteiger partial charge in [-0.05, 0) is 19.4 Å². The molecule has 1 aliphatic carbocycles. The van der Waals surface area contributed by atoms with Crippen LogP contribution in [0.25, 0.3) is 11.3 Å². The Labute approximate surface area is 172 Å². The Hall–Kier alpha value is -3.62. The third-order valence-electron chi connectivity index (χ3n) is 5.37. The Morgan fingerprint density at radius 3 is 2.60 bits per heavy atom. The van der Waals surface area contributed by atoms with Crippen molar-refractivity contribution in [1.29, 1.82) is 0 Å². The molecule has 2 aromatic rings. The summed E-state index contributed by atoms with van der Waals surface area (Å²) in [7, 11) is 1.51. The molecule has 1 spiro atoms. The van der Waals surface area contributed by atoms with Crippen LogP contribution in [0.15, 0.2) is 40.0 Å². The number of nitrogens with two attached hydrogens (primary N) is 1. The fraction of sp³-hybridized carbons (Fsp3) is 0.333. The number of carbonyl (C=O) groups is 3. The van der Waals surface area contributed by atoms with E-state index in [-0.39, 0.29) is 42.6 Å². The molecule has 0 saturated heterocycles. The van der Waals surface area contributed by atoms with Crippen LogP contribution in [0.2, 0.25) is 0 Å². The molecule has 0 radical (unpaired) electrons. The van der Waals surface area contributed by atoms with Gasteiger partial charge >= 0.3 is 11.9 Å². The van der Waals surface area contributed by atoms with Crippen LogP contribution in [-0.2, 0) is 29.3 Å². The van der Waals surface area contributed by atoms with Crippen molar-refractivity contribution in [2.24, 2.45) is 0 Å². The lowest BCUT2D eigenvalue weighted by atomic mass is 9.74. The third-order valence-corrected chi connectivity index (χ3v) is 5.37. The van der Waals surface area contributed by atoms with E-state index in [9.17, 15) is 14.4 Å². The number of fused-ring (bicyclic) bond motifs is 5. The van der Waals surface area contributed by atoms with Gasteiger partial charge in [-0.2, -0.15) is 4.98 Å². The van der Waals surface area contributed by atoms with Crippen molar-refractivity contribution in [2.45, 2.75) is 25.7 Å². The maximum Gasteiger partial charge on any atom is 0.337 e. The number of nitrogens with zero attached hydrogens (tertiary/aromatic N) is 2. The standard InChI is InChI=1S/C21H21N3O6/c1-4-28-14(25)10-13-15(18(26)29-5-2)21(19(27)24(13)3)12-9-7-6-8-11(12)16-17(21)23-20(22)30-16/h6-9H,4-5,10H2,1-3H3,(H2,22,23). The average molecular weight is 411 g/mol. The number of ether oxygens (including phenoxy) is 2. The van der Waals surface area contributed by atoms with Crippen LogP contribution in [0, 0.1) is 0 Å². The molecular formula is C21H21N3O6. The van der Waals surface area contributed by atoms with Crippen LogP contribution in [0.4, 0.5) is 6.01 Å². The molecule has 156 valence electrons. The predicted molar refractivity (Wildman–Crippen MR) is 105 cm³/mol. The number of nitrogen functional groups attached to an aromatic ring is 1. The van der Waals surface area contributed by atoms with Crippen LogP contribution < -0.4 is 5.73 Å². The van der Waals surface area contributed by atoms with E-state index in [2.05, 4.69) is 4.98 Å². The maximum atomic E-state index is 13.7. The molecule has 1 aliphatic heterocycles. The summed E-state index contributed by atoms with van der Waals surface area (Å²) >= 11 is 0. The number of oxazole rings is 1. The van der Waals surface area contributed by atoms with Gasteiger partial charge < -0.3 is 24.5 Å². The van der Waals surface area contributed by atoms with Crippen molar-refractivity contribution >= 4 is 23.9 Å². The summed E-state index contributed by atoms with van der Waals surface area (Å²) in [5.41, 5.74) is 5.81. The van der Waals surface area contributed by atoms with Crippen molar-refractivity contribution in [3.05, 3.63) is 46.8 Å². The number of hydrogen-bond acceptors (Lipinski definition) is 8. The quantitative estimate of drug-likeness (QED) is 0.738. The number of benzene rings is 1. The number of anilines is 1. The topological polar surface area (TPSA) is 125 Å². The van der Waals surface area contributed by atoms with Crippen molar-refractivity contribution in [2.75, 3.05) is 26.0 Å². The Bertz CT molecular complexity index is 1100. The Morgan fingerprint density at radius 2 is 1.90 bits per heavy atom. The van der Waals surface area contributed by atoms with Crippen molar-refractivity contribution in [3.63, 3.8) is 0 Å². The first-order valence-electron chi connectivity index (χ1n) is 9.59. The molecule has 0 saturated carbocycles. The first-order valence-corrected chi connectivity index (χ1v) is 9.59. The maximum absolute atomic E-state index is 13.7. The lowest BCUT2D eigenvalue weighted by molar-refractivity contribution is -0.142. The fourth-order valence-corrected chi connectivity index (χ4v) is 4.27. The van der Waals surface area contributed by atoms with Gasteiger partial charge in [0.05, 0.1) is 25.2 Å². The fourth-order valence-electron chi connectivity index (χ4n) is 4.27. The highest BCUT2D eigenvalue weighted by molar-refractivity contribution is 6.14. The molecule has 9 heteroatoms. The van der Waals surface area contributed by atoms with Gasteiger partial charge in [0, 0.05) is 18.3 Å². The van der Waals surface area contributed by atoms with Crippen LogP contribution in [0.1, 0.15) is 31.5 Å². The molecule has 1 atom stereocenters. The molecule has 0 fully saturated rings. The predicted octanol–water partition coefficient (Wildman–Crippen LogP) is 1.77. The van der Waals surface area contributed by atoms with E-state index >= 15 is 0 Å². The van der Waals surface area contributed by atoms with E-state index in [1.807, 2.05) is 0 Å². The summed E-state index contributed by atoms with van der Waals surface area (Å²) in [6, 6.07) is 6.94. The minimum atomic E-state index is -1.60. The number of carbonyl (C=O) groups excluding carboxylic acids is 3. The van der Waals surface area contributed by atoms with Gasteiger partial charge in [0.1, 0.15) is 5.69 Å². The van der Waals surface area contributed by atoms with Crippen LogP contribution >= 0.6 is 0 Å². The van der Waals surface area contributed by atoms with Gasteiger partial charge in [0.25, 0.3) is 6.01 Å². The van der Waals surface area contributed by atoms with Gasteiger partial charge in [-0.15, -0.1) is 0 Å². The zero-order chi connectivity index (χ0) is 21.6. The number of rotatable bonds is 5. The summed E-state index contributed by atoms with van der Waals surface area (Å²) in [5, 5.41) is 0.